The molecule has 150 valence electrons. The normalized spacial score (nSPS) is 12.2. The molecule has 2 rings (SSSR count). The van der Waals surface area contributed by atoms with E-state index >= 15 is 0 Å². The average Bonchev–Trinajstić information content (AvgIpc) is 2.64. The number of hydrogen-bond donors (Lipinski definition) is 2. The maximum atomic E-state index is 13.3. The van der Waals surface area contributed by atoms with Gasteiger partial charge in [-0.1, -0.05) is 32.9 Å². The third-order valence-corrected chi connectivity index (χ3v) is 4.14. The predicted octanol–water partition coefficient (Wildman–Crippen LogP) is 3.22. The number of nitrogens with one attached hydrogen (secondary N) is 1. The van der Waals surface area contributed by atoms with Gasteiger partial charge in [0, 0.05) is 5.56 Å². The van der Waals surface area contributed by atoms with Crippen molar-refractivity contribution in [2.45, 2.75) is 26.8 Å². The zero-order chi connectivity index (χ0) is 20.9. The molecule has 0 aliphatic carbocycles. The topological polar surface area (TPSA) is 90.7 Å². The molecule has 0 saturated carbocycles. The highest BCUT2D eigenvalue weighted by Crippen LogP contribution is 2.34. The number of ether oxygens (including phenoxy) is 2. The minimum Gasteiger partial charge on any atom is -0.493 e. The number of primary amides is 1. The second-order valence-corrected chi connectivity index (χ2v) is 7.44. The van der Waals surface area contributed by atoms with Crippen molar-refractivity contribution in [1.29, 1.82) is 0 Å². The summed E-state index contributed by atoms with van der Waals surface area (Å²) in [6, 6.07) is 10.4. The van der Waals surface area contributed by atoms with E-state index in [1.807, 2.05) is 20.8 Å². The molecule has 0 saturated heterocycles. The van der Waals surface area contributed by atoms with E-state index in [2.05, 4.69) is 5.32 Å². The maximum Gasteiger partial charge on any atom is 0.255 e. The first-order valence-corrected chi connectivity index (χ1v) is 8.77. The Bertz CT molecular complexity index is 844. The van der Waals surface area contributed by atoms with Crippen molar-refractivity contribution >= 4 is 11.8 Å². The zero-order valence-electron chi connectivity index (χ0n) is 16.4. The van der Waals surface area contributed by atoms with Crippen LogP contribution >= 0.6 is 0 Å². The molecule has 0 aliphatic heterocycles. The molecule has 0 aromatic heterocycles. The lowest BCUT2D eigenvalue weighted by Gasteiger charge is -2.32. The Hall–Kier alpha value is -3.09. The summed E-state index contributed by atoms with van der Waals surface area (Å²) in [5.41, 5.74) is 5.94. The molecule has 0 fully saturated rings. The van der Waals surface area contributed by atoms with E-state index in [4.69, 9.17) is 15.2 Å². The standard InChI is InChI=1S/C21H25FN2O4/c1-21(2,3)19(13-5-8-15(22)9-6-13)24-20(26)14-7-10-16(17(11-14)27-4)28-12-18(23)25/h5-11,19H,12H2,1-4H3,(H2,23,25)(H,24,26). The van der Waals surface area contributed by atoms with Crippen LogP contribution < -0.4 is 20.5 Å². The molecule has 2 amide bonds. The summed E-state index contributed by atoms with van der Waals surface area (Å²) in [4.78, 5) is 23.7. The fraction of sp³-hybridized carbons (Fsp3) is 0.333. The van der Waals surface area contributed by atoms with E-state index in [0.717, 1.165) is 5.56 Å². The number of carbonyl (C=O) groups excluding carboxylic acids is 2. The summed E-state index contributed by atoms with van der Waals surface area (Å²) >= 11 is 0. The van der Waals surface area contributed by atoms with Crippen LogP contribution in [0.5, 0.6) is 11.5 Å². The molecule has 0 bridgehead atoms. The Morgan fingerprint density at radius 3 is 2.29 bits per heavy atom. The molecular formula is C21H25FN2O4. The molecule has 28 heavy (non-hydrogen) atoms. The second-order valence-electron chi connectivity index (χ2n) is 7.44. The van der Waals surface area contributed by atoms with Crippen molar-refractivity contribution in [3.63, 3.8) is 0 Å². The van der Waals surface area contributed by atoms with E-state index in [1.54, 1.807) is 24.3 Å². The smallest absolute Gasteiger partial charge is 0.255 e. The Labute approximate surface area is 163 Å². The van der Waals surface area contributed by atoms with Crippen LogP contribution in [0, 0.1) is 11.2 Å². The first-order chi connectivity index (χ1) is 13.1. The van der Waals surface area contributed by atoms with E-state index in [9.17, 15) is 14.0 Å². The van der Waals surface area contributed by atoms with Crippen molar-refractivity contribution in [2.24, 2.45) is 11.1 Å². The van der Waals surface area contributed by atoms with Gasteiger partial charge in [-0.2, -0.15) is 0 Å². The Morgan fingerprint density at radius 2 is 1.75 bits per heavy atom. The Morgan fingerprint density at radius 1 is 1.11 bits per heavy atom. The number of hydrogen-bond acceptors (Lipinski definition) is 4. The molecule has 2 aromatic carbocycles. The van der Waals surface area contributed by atoms with Gasteiger partial charge in [0.1, 0.15) is 5.82 Å². The lowest BCUT2D eigenvalue weighted by atomic mass is 9.82. The summed E-state index contributed by atoms with van der Waals surface area (Å²) < 4.78 is 23.8. The number of methoxy groups -OCH3 is 1. The van der Waals surface area contributed by atoms with Gasteiger partial charge in [0.25, 0.3) is 11.8 Å². The van der Waals surface area contributed by atoms with Crippen LogP contribution in [0.25, 0.3) is 0 Å². The quantitative estimate of drug-likeness (QED) is 0.762. The average molecular weight is 388 g/mol. The Balaban J connectivity index is 2.25. The van der Waals surface area contributed by atoms with Gasteiger partial charge in [0.15, 0.2) is 18.1 Å². The fourth-order valence-electron chi connectivity index (χ4n) is 2.75. The van der Waals surface area contributed by atoms with Crippen LogP contribution in [0.4, 0.5) is 4.39 Å². The molecule has 0 radical (unpaired) electrons. The summed E-state index contributed by atoms with van der Waals surface area (Å²) in [6.07, 6.45) is 0. The molecule has 0 spiro atoms. The SMILES string of the molecule is COc1cc(C(=O)NC(c2ccc(F)cc2)C(C)(C)C)ccc1OCC(N)=O. The zero-order valence-corrected chi connectivity index (χ0v) is 16.4. The predicted molar refractivity (Wildman–Crippen MR) is 104 cm³/mol. The third kappa shape index (κ3) is 5.45. The molecular weight excluding hydrogens is 363 g/mol. The fourth-order valence-corrected chi connectivity index (χ4v) is 2.75. The summed E-state index contributed by atoms with van der Waals surface area (Å²) in [7, 11) is 1.44. The second kappa shape index (κ2) is 8.73. The highest BCUT2D eigenvalue weighted by atomic mass is 19.1. The van der Waals surface area contributed by atoms with Gasteiger partial charge in [0.05, 0.1) is 13.2 Å². The van der Waals surface area contributed by atoms with E-state index in [-0.39, 0.29) is 29.8 Å². The molecule has 0 heterocycles. The van der Waals surface area contributed by atoms with Crippen molar-refractivity contribution < 1.29 is 23.5 Å². The third-order valence-electron chi connectivity index (χ3n) is 4.14. The van der Waals surface area contributed by atoms with Crippen molar-refractivity contribution in [3.8, 4) is 11.5 Å². The minimum absolute atomic E-state index is 0.293. The largest absolute Gasteiger partial charge is 0.493 e. The van der Waals surface area contributed by atoms with Crippen LogP contribution in [0.2, 0.25) is 0 Å². The number of halogens is 1. The number of carbonyl (C=O) groups is 2. The molecule has 7 heteroatoms. The van der Waals surface area contributed by atoms with Crippen molar-refractivity contribution in [2.75, 3.05) is 13.7 Å². The molecule has 0 aliphatic rings. The van der Waals surface area contributed by atoms with Gasteiger partial charge in [-0.25, -0.2) is 4.39 Å². The van der Waals surface area contributed by atoms with Gasteiger partial charge < -0.3 is 20.5 Å². The molecule has 2 aromatic rings. The van der Waals surface area contributed by atoms with Crippen LogP contribution in [0.1, 0.15) is 42.7 Å². The summed E-state index contributed by atoms with van der Waals surface area (Å²) in [5, 5.41) is 3.00. The van der Waals surface area contributed by atoms with Crippen LogP contribution in [0.3, 0.4) is 0 Å². The van der Waals surface area contributed by atoms with E-state index in [1.165, 1.54) is 25.3 Å². The van der Waals surface area contributed by atoms with Crippen LogP contribution in [-0.2, 0) is 4.79 Å². The first-order valence-electron chi connectivity index (χ1n) is 8.77. The van der Waals surface area contributed by atoms with Crippen LogP contribution in [-0.4, -0.2) is 25.5 Å². The molecule has 1 atom stereocenters. The molecule has 6 nitrogen and oxygen atoms in total. The van der Waals surface area contributed by atoms with Crippen molar-refractivity contribution in [1.82, 2.24) is 5.32 Å². The monoisotopic (exact) mass is 388 g/mol. The van der Waals surface area contributed by atoms with Gasteiger partial charge in [-0.3, -0.25) is 9.59 Å². The Kier molecular flexibility index (Phi) is 6.62. The van der Waals surface area contributed by atoms with Gasteiger partial charge in [-0.15, -0.1) is 0 Å². The maximum absolute atomic E-state index is 13.3. The van der Waals surface area contributed by atoms with Crippen molar-refractivity contribution in [3.05, 3.63) is 59.4 Å². The number of nitrogens with two attached hydrogens (primary N) is 1. The van der Waals surface area contributed by atoms with E-state index < -0.39 is 5.91 Å². The van der Waals surface area contributed by atoms with Gasteiger partial charge in [-0.05, 0) is 41.3 Å². The highest BCUT2D eigenvalue weighted by molar-refractivity contribution is 5.95. The first kappa shape index (κ1) is 21.2. The number of amides is 2. The van der Waals surface area contributed by atoms with Gasteiger partial charge in [0.2, 0.25) is 0 Å². The van der Waals surface area contributed by atoms with Gasteiger partial charge >= 0.3 is 0 Å². The molecule has 1 unspecified atom stereocenters. The number of rotatable bonds is 7. The summed E-state index contributed by atoms with van der Waals surface area (Å²) in [5.74, 6) is -0.647. The number of benzene rings is 2. The lowest BCUT2D eigenvalue weighted by Crippen LogP contribution is -2.36. The lowest BCUT2D eigenvalue weighted by molar-refractivity contribution is -0.119. The summed E-state index contributed by atoms with van der Waals surface area (Å²) in [6.45, 7) is 5.67. The highest BCUT2D eigenvalue weighted by Gasteiger charge is 2.28. The minimum atomic E-state index is -0.615. The molecule has 3 N–H and O–H groups in total. The van der Waals surface area contributed by atoms with E-state index in [0.29, 0.717) is 17.1 Å². The van der Waals surface area contributed by atoms with Crippen LogP contribution in [0.15, 0.2) is 42.5 Å².